The van der Waals surface area contributed by atoms with Gasteiger partial charge in [-0.05, 0) is 43.7 Å². The van der Waals surface area contributed by atoms with E-state index < -0.39 is 23.6 Å². The average molecular weight is 357 g/mol. The molecule has 1 aromatic heterocycles. The van der Waals surface area contributed by atoms with Crippen molar-refractivity contribution in [1.82, 2.24) is 4.90 Å². The van der Waals surface area contributed by atoms with Crippen LogP contribution in [-0.2, 0) is 0 Å². The number of fused-ring (bicyclic) bond motifs is 1. The van der Waals surface area contributed by atoms with E-state index in [1.165, 1.54) is 18.0 Å². The van der Waals surface area contributed by atoms with Crippen LogP contribution < -0.4 is 5.43 Å². The Morgan fingerprint density at radius 2 is 1.81 bits per heavy atom. The Hall–Kier alpha value is -3.02. The number of carbonyl (C=O) groups excluding carboxylic acids is 1. The summed E-state index contributed by atoms with van der Waals surface area (Å²) in [5.41, 5.74) is 1.35. The van der Waals surface area contributed by atoms with Crippen molar-refractivity contribution in [3.63, 3.8) is 0 Å². The van der Waals surface area contributed by atoms with Gasteiger partial charge in [0.15, 0.2) is 22.8 Å². The van der Waals surface area contributed by atoms with Crippen LogP contribution in [0.5, 0.6) is 0 Å². The molecule has 3 aromatic rings. The normalized spacial score (nSPS) is 12.2. The summed E-state index contributed by atoms with van der Waals surface area (Å²) in [6.45, 7) is 3.53. The monoisotopic (exact) mass is 357 g/mol. The van der Waals surface area contributed by atoms with Gasteiger partial charge in [-0.15, -0.1) is 0 Å². The van der Waals surface area contributed by atoms with Crippen LogP contribution in [0.1, 0.15) is 34.6 Å². The number of nitrogens with zero attached hydrogens (tertiary/aromatic N) is 1. The van der Waals surface area contributed by atoms with Crippen LogP contribution in [0.25, 0.3) is 11.0 Å². The number of amides is 1. The molecule has 1 atom stereocenters. The number of halogens is 2. The molecular weight excluding hydrogens is 340 g/mol. The van der Waals surface area contributed by atoms with Gasteiger partial charge in [-0.2, -0.15) is 0 Å². The van der Waals surface area contributed by atoms with E-state index in [2.05, 4.69) is 0 Å². The minimum absolute atomic E-state index is 0.108. The molecule has 0 radical (unpaired) electrons. The third kappa shape index (κ3) is 3.22. The number of benzene rings is 2. The second-order valence-electron chi connectivity index (χ2n) is 6.24. The molecule has 0 aliphatic carbocycles. The second kappa shape index (κ2) is 6.71. The molecule has 134 valence electrons. The van der Waals surface area contributed by atoms with E-state index >= 15 is 0 Å². The summed E-state index contributed by atoms with van der Waals surface area (Å²) in [5, 5.41) is 0.401. The highest BCUT2D eigenvalue weighted by Gasteiger charge is 2.23. The maximum atomic E-state index is 13.4. The quantitative estimate of drug-likeness (QED) is 0.705. The molecule has 6 heteroatoms. The average Bonchev–Trinajstić information content (AvgIpc) is 2.62. The Kier molecular flexibility index (Phi) is 4.59. The molecule has 2 aromatic carbocycles. The highest BCUT2D eigenvalue weighted by molar-refractivity contribution is 5.93. The Labute approximate surface area is 148 Å². The fourth-order valence-corrected chi connectivity index (χ4v) is 2.72. The molecule has 3 rings (SSSR count). The molecule has 0 N–H and O–H groups in total. The molecule has 0 bridgehead atoms. The van der Waals surface area contributed by atoms with Crippen LogP contribution in [0.2, 0.25) is 0 Å². The van der Waals surface area contributed by atoms with E-state index in [-0.39, 0.29) is 11.2 Å². The van der Waals surface area contributed by atoms with Gasteiger partial charge in [-0.25, -0.2) is 8.78 Å². The predicted molar refractivity (Wildman–Crippen MR) is 94.1 cm³/mol. The molecule has 1 heterocycles. The number of aryl methyl sites for hydroxylation is 1. The summed E-state index contributed by atoms with van der Waals surface area (Å²) in [4.78, 5) is 26.3. The van der Waals surface area contributed by atoms with E-state index in [1.54, 1.807) is 25.1 Å². The Balaban J connectivity index is 1.95. The van der Waals surface area contributed by atoms with Gasteiger partial charge in [-0.3, -0.25) is 9.59 Å². The van der Waals surface area contributed by atoms with Crippen molar-refractivity contribution in [2.45, 2.75) is 19.9 Å². The lowest BCUT2D eigenvalue weighted by Gasteiger charge is -2.25. The van der Waals surface area contributed by atoms with Gasteiger partial charge in [0, 0.05) is 13.1 Å². The van der Waals surface area contributed by atoms with Gasteiger partial charge < -0.3 is 9.32 Å². The van der Waals surface area contributed by atoms with Crippen LogP contribution in [0.3, 0.4) is 0 Å². The largest absolute Gasteiger partial charge is 0.451 e. The zero-order chi connectivity index (χ0) is 19.0. The molecule has 0 spiro atoms. The summed E-state index contributed by atoms with van der Waals surface area (Å²) in [5.74, 6) is -2.57. The first-order valence-electron chi connectivity index (χ1n) is 8.04. The molecular formula is C20H17F2NO3. The number of hydrogen-bond donors (Lipinski definition) is 0. The fourth-order valence-electron chi connectivity index (χ4n) is 2.72. The van der Waals surface area contributed by atoms with Gasteiger partial charge in [0.2, 0.25) is 0 Å². The van der Waals surface area contributed by atoms with Gasteiger partial charge in [0.05, 0.1) is 11.4 Å². The summed E-state index contributed by atoms with van der Waals surface area (Å²) >= 11 is 0. The lowest BCUT2D eigenvalue weighted by molar-refractivity contribution is 0.0710. The second-order valence-corrected chi connectivity index (χ2v) is 6.24. The summed E-state index contributed by atoms with van der Waals surface area (Å²) in [6, 6.07) is 9.19. The third-order valence-corrected chi connectivity index (χ3v) is 4.42. The Morgan fingerprint density at radius 1 is 1.08 bits per heavy atom. The lowest BCUT2D eigenvalue weighted by atomic mass is 10.1. The zero-order valence-electron chi connectivity index (χ0n) is 14.5. The third-order valence-electron chi connectivity index (χ3n) is 4.42. The lowest BCUT2D eigenvalue weighted by Crippen LogP contribution is -2.30. The van der Waals surface area contributed by atoms with E-state index in [9.17, 15) is 18.4 Å². The van der Waals surface area contributed by atoms with Gasteiger partial charge in [0.25, 0.3) is 5.91 Å². The minimum atomic E-state index is -0.984. The smallest absolute Gasteiger partial charge is 0.289 e. The number of hydrogen-bond acceptors (Lipinski definition) is 3. The van der Waals surface area contributed by atoms with Crippen LogP contribution in [0.15, 0.2) is 51.7 Å². The van der Waals surface area contributed by atoms with Crippen molar-refractivity contribution < 1.29 is 18.0 Å². The number of rotatable bonds is 3. The highest BCUT2D eigenvalue weighted by atomic mass is 19.2. The molecule has 0 saturated carbocycles. The first-order chi connectivity index (χ1) is 12.3. The molecule has 1 amide bonds. The van der Waals surface area contributed by atoms with Gasteiger partial charge in [-0.1, -0.05) is 17.7 Å². The van der Waals surface area contributed by atoms with Crippen molar-refractivity contribution in [2.24, 2.45) is 0 Å². The van der Waals surface area contributed by atoms with Gasteiger partial charge in [0.1, 0.15) is 5.58 Å². The molecule has 0 aliphatic heterocycles. The van der Waals surface area contributed by atoms with Crippen LogP contribution in [0, 0.1) is 18.6 Å². The molecule has 0 aliphatic rings. The molecule has 0 unspecified atom stereocenters. The van der Waals surface area contributed by atoms with Gasteiger partial charge >= 0.3 is 0 Å². The maximum Gasteiger partial charge on any atom is 0.289 e. The topological polar surface area (TPSA) is 50.5 Å². The number of carbonyl (C=O) groups is 1. The van der Waals surface area contributed by atoms with Crippen molar-refractivity contribution in [2.75, 3.05) is 7.05 Å². The van der Waals surface area contributed by atoms with Crippen molar-refractivity contribution >= 4 is 16.9 Å². The van der Waals surface area contributed by atoms with Crippen molar-refractivity contribution in [1.29, 1.82) is 0 Å². The molecule has 0 fully saturated rings. The Morgan fingerprint density at radius 3 is 2.50 bits per heavy atom. The van der Waals surface area contributed by atoms with Crippen LogP contribution >= 0.6 is 0 Å². The van der Waals surface area contributed by atoms with E-state index in [1.807, 2.05) is 6.92 Å². The van der Waals surface area contributed by atoms with E-state index in [0.717, 1.165) is 23.8 Å². The summed E-state index contributed by atoms with van der Waals surface area (Å²) in [6.07, 6.45) is 0. The fraction of sp³-hybridized carbons (Fsp3) is 0.200. The van der Waals surface area contributed by atoms with Crippen LogP contribution in [-0.4, -0.2) is 17.9 Å². The summed E-state index contributed by atoms with van der Waals surface area (Å²) in [7, 11) is 1.51. The van der Waals surface area contributed by atoms with Crippen LogP contribution in [0.4, 0.5) is 8.78 Å². The molecule has 26 heavy (non-hydrogen) atoms. The van der Waals surface area contributed by atoms with E-state index in [0.29, 0.717) is 16.5 Å². The maximum absolute atomic E-state index is 13.4. The minimum Gasteiger partial charge on any atom is -0.451 e. The van der Waals surface area contributed by atoms with Crippen molar-refractivity contribution in [3.05, 3.63) is 81.2 Å². The standard InChI is InChI=1S/C20H17F2NO3/c1-11-4-7-18-14(8-11)17(24)10-19(26-18)20(25)23(3)12(2)13-5-6-15(21)16(22)9-13/h4-10,12H,1-3H3/t12-/m0/s1. The van der Waals surface area contributed by atoms with E-state index in [4.69, 9.17) is 4.42 Å². The zero-order valence-corrected chi connectivity index (χ0v) is 14.5. The van der Waals surface area contributed by atoms with Crippen molar-refractivity contribution in [3.8, 4) is 0 Å². The summed E-state index contributed by atoms with van der Waals surface area (Å²) < 4.78 is 32.1. The molecule has 4 nitrogen and oxygen atoms in total. The molecule has 0 saturated heterocycles. The SMILES string of the molecule is Cc1ccc2oc(C(=O)N(C)[C@@H](C)c3ccc(F)c(F)c3)cc(=O)c2c1. The first-order valence-corrected chi connectivity index (χ1v) is 8.04. The first kappa shape index (κ1) is 17.8. The predicted octanol–water partition coefficient (Wildman–Crippen LogP) is 4.21. The highest BCUT2D eigenvalue weighted by Crippen LogP contribution is 2.23. The Bertz CT molecular complexity index is 1060.